The van der Waals surface area contributed by atoms with Crippen LogP contribution in [0.4, 0.5) is 0 Å². The van der Waals surface area contributed by atoms with Gasteiger partial charge in [-0.1, -0.05) is 89.0 Å². The third kappa shape index (κ3) is 9.22. The molecule has 0 bridgehead atoms. The smallest absolute Gasteiger partial charge is 0.266 e. The monoisotopic (exact) mass is 366 g/mol. The lowest BCUT2D eigenvalue weighted by Crippen LogP contribution is -2.10. The minimum Gasteiger partial charge on any atom is -0.266 e. The molecule has 0 fully saturated rings. The summed E-state index contributed by atoms with van der Waals surface area (Å²) in [5.41, 5.74) is 0.737. The predicted octanol–water partition coefficient (Wildman–Crippen LogP) is 6.04. The maximum absolute atomic E-state index is 12.3. The summed E-state index contributed by atoms with van der Waals surface area (Å²) in [5, 5.41) is 0. The van der Waals surface area contributed by atoms with Crippen molar-refractivity contribution in [3.63, 3.8) is 0 Å². The standard InChI is InChI=1S/C21H34O3S/c1-3-5-6-7-8-9-10-11-12-15-19-24-25(22,23)21-18-14-13-17-20(21)16-4-2/h4,13-14,17-18H,2-3,5-12,15-16,19H2,1H3. The molecule has 0 saturated heterocycles. The van der Waals surface area contributed by atoms with Crippen LogP contribution in [-0.4, -0.2) is 15.0 Å². The first-order valence-electron chi connectivity index (χ1n) is 9.70. The van der Waals surface area contributed by atoms with Crippen molar-refractivity contribution in [2.24, 2.45) is 0 Å². The van der Waals surface area contributed by atoms with Crippen molar-refractivity contribution in [2.45, 2.75) is 82.4 Å². The SMILES string of the molecule is C=CCc1ccccc1S(=O)(=O)OCCCCCCCCCCCC. The van der Waals surface area contributed by atoms with Crippen molar-refractivity contribution in [3.8, 4) is 0 Å². The molecule has 142 valence electrons. The molecule has 1 rings (SSSR count). The average Bonchev–Trinajstić information content (AvgIpc) is 2.60. The van der Waals surface area contributed by atoms with Gasteiger partial charge in [0.1, 0.15) is 0 Å². The fourth-order valence-corrected chi connectivity index (χ4v) is 4.08. The zero-order valence-corrected chi connectivity index (χ0v) is 16.5. The fourth-order valence-electron chi connectivity index (χ4n) is 2.89. The third-order valence-corrected chi connectivity index (χ3v) is 5.76. The van der Waals surface area contributed by atoms with Gasteiger partial charge in [0, 0.05) is 0 Å². The number of allylic oxidation sites excluding steroid dienone is 1. The van der Waals surface area contributed by atoms with Gasteiger partial charge in [-0.15, -0.1) is 6.58 Å². The van der Waals surface area contributed by atoms with E-state index in [1.54, 1.807) is 24.3 Å². The molecule has 1 aromatic rings. The van der Waals surface area contributed by atoms with Crippen LogP contribution in [0.1, 0.15) is 76.7 Å². The lowest BCUT2D eigenvalue weighted by molar-refractivity contribution is 0.306. The Morgan fingerprint density at radius 2 is 1.48 bits per heavy atom. The molecule has 0 spiro atoms. The van der Waals surface area contributed by atoms with E-state index in [2.05, 4.69) is 13.5 Å². The van der Waals surface area contributed by atoms with Crippen molar-refractivity contribution in [2.75, 3.05) is 6.61 Å². The number of hydrogen-bond donors (Lipinski definition) is 0. The van der Waals surface area contributed by atoms with Gasteiger partial charge >= 0.3 is 0 Å². The van der Waals surface area contributed by atoms with Gasteiger partial charge in [-0.05, 0) is 24.5 Å². The Balaban J connectivity index is 2.20. The van der Waals surface area contributed by atoms with Crippen molar-refractivity contribution < 1.29 is 12.6 Å². The Hall–Kier alpha value is -1.13. The Morgan fingerprint density at radius 1 is 0.920 bits per heavy atom. The van der Waals surface area contributed by atoms with Gasteiger partial charge in [-0.25, -0.2) is 0 Å². The normalized spacial score (nSPS) is 11.6. The fraction of sp³-hybridized carbons (Fsp3) is 0.619. The van der Waals surface area contributed by atoms with Crippen molar-refractivity contribution in [1.29, 1.82) is 0 Å². The predicted molar refractivity (Wildman–Crippen MR) is 105 cm³/mol. The summed E-state index contributed by atoms with van der Waals surface area (Å²) >= 11 is 0. The van der Waals surface area contributed by atoms with Crippen LogP contribution in [0.15, 0.2) is 41.8 Å². The van der Waals surface area contributed by atoms with Gasteiger partial charge in [0.15, 0.2) is 0 Å². The topological polar surface area (TPSA) is 43.4 Å². The molecule has 0 aliphatic carbocycles. The molecule has 0 atom stereocenters. The molecule has 0 aromatic heterocycles. The summed E-state index contributed by atoms with van der Waals surface area (Å²) in [4.78, 5) is 0.266. The second-order valence-corrected chi connectivity index (χ2v) is 8.14. The van der Waals surface area contributed by atoms with Gasteiger partial charge in [0.05, 0.1) is 11.5 Å². The number of rotatable bonds is 15. The average molecular weight is 367 g/mol. The zero-order valence-electron chi connectivity index (χ0n) is 15.7. The van der Waals surface area contributed by atoms with Gasteiger partial charge in [0.2, 0.25) is 0 Å². The highest BCUT2D eigenvalue weighted by atomic mass is 32.2. The molecule has 0 aliphatic rings. The molecule has 0 heterocycles. The van der Waals surface area contributed by atoms with Crippen LogP contribution in [0.3, 0.4) is 0 Å². The minimum atomic E-state index is -3.67. The van der Waals surface area contributed by atoms with Crippen LogP contribution in [0, 0.1) is 0 Å². The van der Waals surface area contributed by atoms with Crippen LogP contribution in [0.2, 0.25) is 0 Å². The van der Waals surface area contributed by atoms with E-state index < -0.39 is 10.1 Å². The van der Waals surface area contributed by atoms with Crippen LogP contribution in [0.5, 0.6) is 0 Å². The van der Waals surface area contributed by atoms with Crippen LogP contribution in [0.25, 0.3) is 0 Å². The summed E-state index contributed by atoms with van der Waals surface area (Å²) in [6.45, 7) is 6.18. The minimum absolute atomic E-state index is 0.265. The van der Waals surface area contributed by atoms with Gasteiger partial charge < -0.3 is 0 Å². The van der Waals surface area contributed by atoms with E-state index in [1.807, 2.05) is 6.07 Å². The van der Waals surface area contributed by atoms with Gasteiger partial charge in [-0.2, -0.15) is 8.42 Å². The first-order chi connectivity index (χ1) is 12.1. The van der Waals surface area contributed by atoms with Crippen molar-refractivity contribution in [1.82, 2.24) is 0 Å². The molecule has 25 heavy (non-hydrogen) atoms. The Morgan fingerprint density at radius 3 is 2.08 bits per heavy atom. The van der Waals surface area contributed by atoms with E-state index in [-0.39, 0.29) is 11.5 Å². The molecule has 0 unspecified atom stereocenters. The number of hydrogen-bond acceptors (Lipinski definition) is 3. The summed E-state index contributed by atoms with van der Waals surface area (Å²) in [7, 11) is -3.67. The first-order valence-corrected chi connectivity index (χ1v) is 11.1. The molecule has 3 nitrogen and oxygen atoms in total. The van der Waals surface area contributed by atoms with E-state index >= 15 is 0 Å². The third-order valence-electron chi connectivity index (χ3n) is 4.34. The number of benzene rings is 1. The molecule has 0 saturated carbocycles. The first kappa shape index (κ1) is 21.9. The number of unbranched alkanes of at least 4 members (excludes halogenated alkanes) is 9. The summed E-state index contributed by atoms with van der Waals surface area (Å²) in [6.07, 6.45) is 14.4. The molecular weight excluding hydrogens is 332 g/mol. The molecule has 0 radical (unpaired) electrons. The Bertz CT molecular complexity index is 579. The maximum Gasteiger partial charge on any atom is 0.297 e. The van der Waals surface area contributed by atoms with E-state index in [0.717, 1.165) is 24.8 Å². The lowest BCUT2D eigenvalue weighted by Gasteiger charge is -2.09. The summed E-state index contributed by atoms with van der Waals surface area (Å²) in [5.74, 6) is 0. The maximum atomic E-state index is 12.3. The van der Waals surface area contributed by atoms with E-state index in [1.165, 1.54) is 44.9 Å². The molecule has 0 aliphatic heterocycles. The summed E-state index contributed by atoms with van der Waals surface area (Å²) in [6, 6.07) is 6.97. The van der Waals surface area contributed by atoms with Crippen LogP contribution in [-0.2, 0) is 20.7 Å². The van der Waals surface area contributed by atoms with E-state index in [4.69, 9.17) is 4.18 Å². The molecule has 4 heteroatoms. The van der Waals surface area contributed by atoms with Crippen molar-refractivity contribution in [3.05, 3.63) is 42.5 Å². The molecule has 1 aromatic carbocycles. The highest BCUT2D eigenvalue weighted by molar-refractivity contribution is 7.86. The second kappa shape index (κ2) is 13.1. The van der Waals surface area contributed by atoms with E-state index in [0.29, 0.717) is 6.42 Å². The lowest BCUT2D eigenvalue weighted by atomic mass is 10.1. The Labute approximate surface area is 154 Å². The van der Waals surface area contributed by atoms with Gasteiger partial charge in [0.25, 0.3) is 10.1 Å². The highest BCUT2D eigenvalue weighted by Gasteiger charge is 2.18. The van der Waals surface area contributed by atoms with Crippen molar-refractivity contribution >= 4 is 10.1 Å². The Kier molecular flexibility index (Phi) is 11.5. The molecule has 0 amide bonds. The van der Waals surface area contributed by atoms with Gasteiger partial charge in [-0.3, -0.25) is 4.18 Å². The second-order valence-electron chi connectivity index (χ2n) is 6.56. The summed E-state index contributed by atoms with van der Waals surface area (Å²) < 4.78 is 29.9. The van der Waals surface area contributed by atoms with E-state index in [9.17, 15) is 8.42 Å². The van der Waals surface area contributed by atoms with Crippen LogP contribution < -0.4 is 0 Å². The molecule has 0 N–H and O–H groups in total. The highest BCUT2D eigenvalue weighted by Crippen LogP contribution is 2.19. The molecular formula is C21H34O3S. The largest absolute Gasteiger partial charge is 0.297 e. The zero-order chi connectivity index (χ0) is 18.4. The quantitative estimate of drug-likeness (QED) is 0.216. The van der Waals surface area contributed by atoms with Crippen LogP contribution >= 0.6 is 0 Å².